The lowest BCUT2D eigenvalue weighted by Crippen LogP contribution is -2.10. The first kappa shape index (κ1) is 9.12. The van der Waals surface area contributed by atoms with Gasteiger partial charge in [0, 0.05) is 24.9 Å². The summed E-state index contributed by atoms with van der Waals surface area (Å²) in [5, 5.41) is 3.97. The quantitative estimate of drug-likeness (QED) is 0.795. The van der Waals surface area contributed by atoms with E-state index in [-0.39, 0.29) is 0 Å². The van der Waals surface area contributed by atoms with E-state index in [9.17, 15) is 0 Å². The summed E-state index contributed by atoms with van der Waals surface area (Å²) in [6.45, 7) is 2.04. The van der Waals surface area contributed by atoms with Crippen LogP contribution in [-0.2, 0) is 0 Å². The van der Waals surface area contributed by atoms with Crippen LogP contribution in [0.25, 0.3) is 5.65 Å². The minimum Gasteiger partial charge on any atom is -0.316 e. The molecule has 1 aliphatic rings. The van der Waals surface area contributed by atoms with Gasteiger partial charge in [-0.3, -0.25) is 9.38 Å². The van der Waals surface area contributed by atoms with Crippen LogP contribution in [0.2, 0.25) is 5.15 Å². The molecule has 0 amide bonds. The highest BCUT2D eigenvalue weighted by molar-refractivity contribution is 6.29. The monoisotopic (exact) mass is 222 g/mol. The molecule has 0 bridgehead atoms. The highest BCUT2D eigenvalue weighted by Gasteiger charge is 2.21. The van der Waals surface area contributed by atoms with Crippen LogP contribution in [0.15, 0.2) is 18.6 Å². The first-order valence-corrected chi connectivity index (χ1v) is 5.42. The van der Waals surface area contributed by atoms with Crippen LogP contribution in [0.1, 0.15) is 18.0 Å². The minimum absolute atomic E-state index is 0.465. The molecule has 5 heteroatoms. The number of hydrogen-bond acceptors (Lipinski definition) is 3. The van der Waals surface area contributed by atoms with Gasteiger partial charge >= 0.3 is 0 Å². The van der Waals surface area contributed by atoms with Crippen LogP contribution in [0.3, 0.4) is 0 Å². The van der Waals surface area contributed by atoms with Crippen molar-refractivity contribution in [3.63, 3.8) is 0 Å². The molecule has 0 saturated carbocycles. The summed E-state index contributed by atoms with van der Waals surface area (Å²) in [5.74, 6) is 0.465. The predicted octanol–water partition coefficient (Wildman–Crippen LogP) is 1.46. The van der Waals surface area contributed by atoms with Crippen LogP contribution >= 0.6 is 11.6 Å². The fourth-order valence-corrected chi connectivity index (χ4v) is 2.27. The van der Waals surface area contributed by atoms with E-state index in [1.54, 1.807) is 12.4 Å². The largest absolute Gasteiger partial charge is 0.316 e. The Bertz CT molecular complexity index is 487. The van der Waals surface area contributed by atoms with Gasteiger partial charge in [-0.2, -0.15) is 0 Å². The highest BCUT2D eigenvalue weighted by atomic mass is 35.5. The molecule has 1 fully saturated rings. The van der Waals surface area contributed by atoms with Gasteiger partial charge in [0.2, 0.25) is 0 Å². The molecule has 15 heavy (non-hydrogen) atoms. The Kier molecular flexibility index (Phi) is 2.11. The molecule has 0 spiro atoms. The SMILES string of the molecule is Clc1cnc2c(C3CCNC3)nccn12. The van der Waals surface area contributed by atoms with Crippen LogP contribution in [0, 0.1) is 0 Å². The molecule has 0 aromatic carbocycles. The van der Waals surface area contributed by atoms with Gasteiger partial charge in [0.05, 0.1) is 11.9 Å². The Balaban J connectivity index is 2.17. The fraction of sp³-hybridized carbons (Fsp3) is 0.400. The number of nitrogens with one attached hydrogen (secondary N) is 1. The fourth-order valence-electron chi connectivity index (χ4n) is 2.09. The van der Waals surface area contributed by atoms with E-state index in [0.717, 1.165) is 30.9 Å². The smallest absolute Gasteiger partial charge is 0.160 e. The first-order valence-electron chi connectivity index (χ1n) is 5.04. The van der Waals surface area contributed by atoms with Gasteiger partial charge in [0.1, 0.15) is 5.15 Å². The first-order chi connectivity index (χ1) is 7.36. The number of halogens is 1. The van der Waals surface area contributed by atoms with Crippen molar-refractivity contribution in [2.75, 3.05) is 13.1 Å². The second kappa shape index (κ2) is 3.47. The van der Waals surface area contributed by atoms with Gasteiger partial charge in [-0.25, -0.2) is 4.98 Å². The Morgan fingerprint density at radius 1 is 1.47 bits per heavy atom. The van der Waals surface area contributed by atoms with Gasteiger partial charge in [-0.15, -0.1) is 0 Å². The average molecular weight is 223 g/mol. The summed E-state index contributed by atoms with van der Waals surface area (Å²) >= 11 is 6.01. The Morgan fingerprint density at radius 3 is 3.20 bits per heavy atom. The average Bonchev–Trinajstić information content (AvgIpc) is 2.88. The van der Waals surface area contributed by atoms with Gasteiger partial charge < -0.3 is 5.32 Å². The summed E-state index contributed by atoms with van der Waals surface area (Å²) in [4.78, 5) is 8.72. The van der Waals surface area contributed by atoms with Gasteiger partial charge in [0.15, 0.2) is 5.65 Å². The third kappa shape index (κ3) is 1.41. The molecule has 2 aromatic rings. The molecular weight excluding hydrogens is 212 g/mol. The van der Waals surface area contributed by atoms with Gasteiger partial charge in [-0.05, 0) is 13.0 Å². The molecule has 4 nitrogen and oxygen atoms in total. The Labute approximate surface area is 92.3 Å². The molecule has 1 atom stereocenters. The molecule has 1 aliphatic heterocycles. The van der Waals surface area contributed by atoms with Gasteiger partial charge in [-0.1, -0.05) is 11.6 Å². The summed E-state index contributed by atoms with van der Waals surface area (Å²) in [7, 11) is 0. The van der Waals surface area contributed by atoms with E-state index < -0.39 is 0 Å². The van der Waals surface area contributed by atoms with Crippen LogP contribution in [0.5, 0.6) is 0 Å². The van der Waals surface area contributed by atoms with Crippen molar-refractivity contribution in [3.05, 3.63) is 29.4 Å². The maximum Gasteiger partial charge on any atom is 0.160 e. The molecular formula is C10H11ClN4. The zero-order chi connectivity index (χ0) is 10.3. The number of rotatable bonds is 1. The van der Waals surface area contributed by atoms with E-state index >= 15 is 0 Å². The maximum atomic E-state index is 6.01. The number of nitrogens with zero attached hydrogens (tertiary/aromatic N) is 3. The van der Waals surface area contributed by atoms with E-state index in [1.807, 2.05) is 10.6 Å². The molecule has 0 aliphatic carbocycles. The van der Waals surface area contributed by atoms with Crippen molar-refractivity contribution < 1.29 is 0 Å². The van der Waals surface area contributed by atoms with Crippen molar-refractivity contribution in [2.24, 2.45) is 0 Å². The molecule has 1 unspecified atom stereocenters. The maximum absolute atomic E-state index is 6.01. The third-order valence-corrected chi connectivity index (χ3v) is 3.14. The lowest BCUT2D eigenvalue weighted by molar-refractivity contribution is 0.733. The Hall–Kier alpha value is -1.13. The summed E-state index contributed by atoms with van der Waals surface area (Å²) in [6.07, 6.45) is 6.42. The van der Waals surface area contributed by atoms with Crippen molar-refractivity contribution in [1.29, 1.82) is 0 Å². The summed E-state index contributed by atoms with van der Waals surface area (Å²) in [6, 6.07) is 0. The lowest BCUT2D eigenvalue weighted by Gasteiger charge is -2.08. The number of hydrogen-bond donors (Lipinski definition) is 1. The number of aromatic nitrogens is 3. The molecule has 3 rings (SSSR count). The van der Waals surface area contributed by atoms with Crippen LogP contribution < -0.4 is 5.32 Å². The third-order valence-electron chi connectivity index (χ3n) is 2.86. The normalized spacial score (nSPS) is 21.3. The topological polar surface area (TPSA) is 42.2 Å². The Morgan fingerprint density at radius 2 is 2.40 bits per heavy atom. The molecule has 78 valence electrons. The molecule has 1 N–H and O–H groups in total. The predicted molar refractivity (Wildman–Crippen MR) is 58.2 cm³/mol. The lowest BCUT2D eigenvalue weighted by atomic mass is 10.1. The zero-order valence-corrected chi connectivity index (χ0v) is 8.91. The van der Waals surface area contributed by atoms with Gasteiger partial charge in [0.25, 0.3) is 0 Å². The minimum atomic E-state index is 0.465. The number of imidazole rings is 1. The standard InChI is InChI=1S/C10H11ClN4/c11-8-6-14-10-9(7-1-2-12-5-7)13-3-4-15(8)10/h3-4,6-7,12H,1-2,5H2. The summed E-state index contributed by atoms with van der Waals surface area (Å²) in [5.41, 5.74) is 1.94. The number of fused-ring (bicyclic) bond motifs is 1. The van der Waals surface area contributed by atoms with E-state index in [1.165, 1.54) is 0 Å². The van der Waals surface area contributed by atoms with E-state index in [4.69, 9.17) is 11.6 Å². The van der Waals surface area contributed by atoms with E-state index in [2.05, 4.69) is 15.3 Å². The molecule has 0 radical (unpaired) electrons. The van der Waals surface area contributed by atoms with Crippen LogP contribution in [-0.4, -0.2) is 27.5 Å². The van der Waals surface area contributed by atoms with Crippen molar-refractivity contribution in [2.45, 2.75) is 12.3 Å². The molecule has 1 saturated heterocycles. The van der Waals surface area contributed by atoms with Crippen molar-refractivity contribution in [3.8, 4) is 0 Å². The summed E-state index contributed by atoms with van der Waals surface area (Å²) < 4.78 is 1.88. The molecule has 2 aromatic heterocycles. The molecule has 3 heterocycles. The van der Waals surface area contributed by atoms with E-state index in [0.29, 0.717) is 11.1 Å². The zero-order valence-electron chi connectivity index (χ0n) is 8.15. The van der Waals surface area contributed by atoms with Crippen LogP contribution in [0.4, 0.5) is 0 Å². The second-order valence-electron chi connectivity index (χ2n) is 3.78. The highest BCUT2D eigenvalue weighted by Crippen LogP contribution is 2.24. The van der Waals surface area contributed by atoms with Crippen molar-refractivity contribution >= 4 is 17.2 Å². The second-order valence-corrected chi connectivity index (χ2v) is 4.16. The van der Waals surface area contributed by atoms with Crippen molar-refractivity contribution in [1.82, 2.24) is 19.7 Å².